The Kier molecular flexibility index (Phi) is 7.90. The molecule has 0 saturated carbocycles. The van der Waals surface area contributed by atoms with Crippen molar-refractivity contribution in [3.05, 3.63) is 34.1 Å². The number of aliphatic carboxylic acids is 1. The van der Waals surface area contributed by atoms with E-state index < -0.39 is 17.7 Å². The number of ether oxygens (including phenoxy) is 1. The zero-order chi connectivity index (χ0) is 19.1. The van der Waals surface area contributed by atoms with Gasteiger partial charge in [-0.05, 0) is 39.7 Å². The molecule has 1 rings (SSSR count). The van der Waals surface area contributed by atoms with Crippen molar-refractivity contribution in [1.29, 1.82) is 0 Å². The zero-order valence-electron chi connectivity index (χ0n) is 14.8. The van der Waals surface area contributed by atoms with Crippen LogP contribution in [-0.4, -0.2) is 23.1 Å². The number of anilines is 1. The van der Waals surface area contributed by atoms with E-state index in [0.717, 1.165) is 12.5 Å². The van der Waals surface area contributed by atoms with Gasteiger partial charge in [-0.1, -0.05) is 24.9 Å². The van der Waals surface area contributed by atoms with Crippen LogP contribution in [0, 0.1) is 5.82 Å². The molecule has 5 nitrogen and oxygen atoms in total. The predicted molar refractivity (Wildman–Crippen MR) is 95.7 cm³/mol. The first-order chi connectivity index (χ1) is 11.7. The summed E-state index contributed by atoms with van der Waals surface area (Å²) in [6, 6.07) is 2.34. The molecule has 0 aliphatic heterocycles. The van der Waals surface area contributed by atoms with Crippen LogP contribution in [0.3, 0.4) is 0 Å². The lowest BCUT2D eigenvalue weighted by Gasteiger charge is -2.15. The van der Waals surface area contributed by atoms with Gasteiger partial charge in [0, 0.05) is 17.2 Å². The highest BCUT2D eigenvalue weighted by molar-refractivity contribution is 6.32. The van der Waals surface area contributed by atoms with E-state index in [0.29, 0.717) is 12.8 Å². The van der Waals surface area contributed by atoms with E-state index >= 15 is 0 Å². The fraction of sp³-hybridized carbons (Fsp3) is 0.444. The van der Waals surface area contributed by atoms with Crippen LogP contribution < -0.4 is 10.1 Å². The molecule has 0 saturated heterocycles. The Morgan fingerprint density at radius 3 is 2.52 bits per heavy atom. The standard InChI is InChI=1S/C18H23ClFNO4/c1-5-6-7-12(11(4)18(23)24)17(22)21-15-9-16(25-10(2)3)13(19)8-14(15)20/h8-10H,5-7H2,1-4H3,(H,21,22)(H,23,24). The molecule has 0 aromatic heterocycles. The highest BCUT2D eigenvalue weighted by Crippen LogP contribution is 2.31. The van der Waals surface area contributed by atoms with Crippen LogP contribution in [0.1, 0.15) is 47.0 Å². The second-order valence-electron chi connectivity index (χ2n) is 5.90. The third-order valence-electron chi connectivity index (χ3n) is 3.46. The fourth-order valence-electron chi connectivity index (χ4n) is 2.12. The van der Waals surface area contributed by atoms with Crippen molar-refractivity contribution in [2.24, 2.45) is 0 Å². The number of carboxylic acids is 1. The van der Waals surface area contributed by atoms with Gasteiger partial charge in [0.1, 0.15) is 11.6 Å². The largest absolute Gasteiger partial charge is 0.489 e. The SMILES string of the molecule is CCCCC(C(=O)Nc1cc(OC(C)C)c(Cl)cc1F)=C(C)C(=O)O. The number of halogens is 2. The molecule has 25 heavy (non-hydrogen) atoms. The summed E-state index contributed by atoms with van der Waals surface area (Å²) in [6.45, 7) is 6.87. The van der Waals surface area contributed by atoms with E-state index in [1.807, 2.05) is 6.92 Å². The molecule has 2 N–H and O–H groups in total. The lowest BCUT2D eigenvalue weighted by Crippen LogP contribution is -2.19. The van der Waals surface area contributed by atoms with Gasteiger partial charge in [0.25, 0.3) is 5.91 Å². The number of hydrogen-bond donors (Lipinski definition) is 2. The van der Waals surface area contributed by atoms with Crippen LogP contribution in [0.15, 0.2) is 23.3 Å². The molecule has 0 fully saturated rings. The summed E-state index contributed by atoms with van der Waals surface area (Å²) < 4.78 is 19.6. The molecular formula is C18H23ClFNO4. The van der Waals surface area contributed by atoms with Crippen LogP contribution in [0.4, 0.5) is 10.1 Å². The quantitative estimate of drug-likeness (QED) is 0.644. The van der Waals surface area contributed by atoms with Crippen molar-refractivity contribution < 1.29 is 23.8 Å². The fourth-order valence-corrected chi connectivity index (χ4v) is 2.32. The van der Waals surface area contributed by atoms with Crippen LogP contribution in [-0.2, 0) is 9.59 Å². The Bertz CT molecular complexity index is 686. The Morgan fingerprint density at radius 2 is 2.00 bits per heavy atom. The van der Waals surface area contributed by atoms with Crippen molar-refractivity contribution in [3.63, 3.8) is 0 Å². The third-order valence-corrected chi connectivity index (χ3v) is 3.76. The maximum absolute atomic E-state index is 14.1. The third kappa shape index (κ3) is 6.05. The lowest BCUT2D eigenvalue weighted by molar-refractivity contribution is -0.133. The van der Waals surface area contributed by atoms with Crippen molar-refractivity contribution in [1.82, 2.24) is 0 Å². The molecule has 0 radical (unpaired) electrons. The predicted octanol–water partition coefficient (Wildman–Crippen LogP) is 4.80. The summed E-state index contributed by atoms with van der Waals surface area (Å²) >= 11 is 5.94. The minimum atomic E-state index is -1.18. The van der Waals surface area contributed by atoms with Crippen LogP contribution in [0.25, 0.3) is 0 Å². The van der Waals surface area contributed by atoms with Gasteiger partial charge in [-0.25, -0.2) is 9.18 Å². The van der Waals surface area contributed by atoms with E-state index in [1.54, 1.807) is 13.8 Å². The summed E-state index contributed by atoms with van der Waals surface area (Å²) in [5.41, 5.74) is -0.0498. The van der Waals surface area contributed by atoms with Gasteiger partial charge in [0.05, 0.1) is 16.8 Å². The first kappa shape index (κ1) is 21.0. The number of amides is 1. The number of carbonyl (C=O) groups is 2. The summed E-state index contributed by atoms with van der Waals surface area (Å²) in [7, 11) is 0. The molecule has 1 aromatic rings. The van der Waals surface area contributed by atoms with Gasteiger partial charge in [0.15, 0.2) is 0 Å². The molecule has 7 heteroatoms. The molecule has 0 unspecified atom stereocenters. The molecule has 1 amide bonds. The maximum Gasteiger partial charge on any atom is 0.331 e. The first-order valence-electron chi connectivity index (χ1n) is 8.07. The van der Waals surface area contributed by atoms with Crippen LogP contribution >= 0.6 is 11.6 Å². The minimum absolute atomic E-state index is 0.0565. The number of hydrogen-bond acceptors (Lipinski definition) is 3. The van der Waals surface area contributed by atoms with Gasteiger partial charge in [-0.3, -0.25) is 4.79 Å². The Labute approximate surface area is 151 Å². The number of nitrogens with one attached hydrogen (secondary N) is 1. The number of carbonyl (C=O) groups excluding carboxylic acids is 1. The summed E-state index contributed by atoms with van der Waals surface area (Å²) in [5.74, 6) is -2.31. The monoisotopic (exact) mass is 371 g/mol. The Morgan fingerprint density at radius 1 is 1.36 bits per heavy atom. The first-order valence-corrected chi connectivity index (χ1v) is 8.45. The molecule has 138 valence electrons. The Balaban J connectivity index is 3.15. The van der Waals surface area contributed by atoms with Crippen molar-refractivity contribution >= 4 is 29.2 Å². The van der Waals surface area contributed by atoms with E-state index in [4.69, 9.17) is 21.4 Å². The van der Waals surface area contributed by atoms with Gasteiger partial charge < -0.3 is 15.2 Å². The summed E-state index contributed by atoms with van der Waals surface area (Å²) in [4.78, 5) is 23.7. The maximum atomic E-state index is 14.1. The zero-order valence-corrected chi connectivity index (χ0v) is 15.5. The normalized spacial score (nSPS) is 12.0. The molecule has 0 bridgehead atoms. The van der Waals surface area contributed by atoms with Gasteiger partial charge in [-0.15, -0.1) is 0 Å². The number of benzene rings is 1. The average Bonchev–Trinajstić information content (AvgIpc) is 2.51. The molecule has 0 heterocycles. The molecule has 0 atom stereocenters. The summed E-state index contributed by atoms with van der Waals surface area (Å²) in [5, 5.41) is 11.7. The summed E-state index contributed by atoms with van der Waals surface area (Å²) in [6.07, 6.45) is 1.56. The molecule has 0 spiro atoms. The number of unbranched alkanes of at least 4 members (excludes halogenated alkanes) is 1. The second kappa shape index (κ2) is 9.42. The van der Waals surface area contributed by atoms with Crippen molar-refractivity contribution in [2.75, 3.05) is 5.32 Å². The van der Waals surface area contributed by atoms with E-state index in [9.17, 15) is 14.0 Å². The number of carboxylic acid groups (broad SMARTS) is 1. The van der Waals surface area contributed by atoms with E-state index in [2.05, 4.69) is 5.32 Å². The van der Waals surface area contributed by atoms with Crippen molar-refractivity contribution in [3.8, 4) is 5.75 Å². The van der Waals surface area contributed by atoms with E-state index in [-0.39, 0.29) is 33.7 Å². The molecular weight excluding hydrogens is 349 g/mol. The van der Waals surface area contributed by atoms with Gasteiger partial charge in [-0.2, -0.15) is 0 Å². The minimum Gasteiger partial charge on any atom is -0.489 e. The molecule has 0 aliphatic carbocycles. The lowest BCUT2D eigenvalue weighted by atomic mass is 10.0. The topological polar surface area (TPSA) is 75.6 Å². The smallest absolute Gasteiger partial charge is 0.331 e. The molecule has 0 aliphatic rings. The van der Waals surface area contributed by atoms with Crippen LogP contribution in [0.2, 0.25) is 5.02 Å². The molecule has 1 aromatic carbocycles. The Hall–Kier alpha value is -2.08. The highest BCUT2D eigenvalue weighted by Gasteiger charge is 2.19. The van der Waals surface area contributed by atoms with E-state index in [1.165, 1.54) is 13.0 Å². The van der Waals surface area contributed by atoms with Gasteiger partial charge in [0.2, 0.25) is 0 Å². The van der Waals surface area contributed by atoms with Gasteiger partial charge >= 0.3 is 5.97 Å². The van der Waals surface area contributed by atoms with Crippen molar-refractivity contribution in [2.45, 2.75) is 53.1 Å². The average molecular weight is 372 g/mol. The number of rotatable bonds is 8. The second-order valence-corrected chi connectivity index (χ2v) is 6.30. The highest BCUT2D eigenvalue weighted by atomic mass is 35.5. The van der Waals surface area contributed by atoms with Crippen LogP contribution in [0.5, 0.6) is 5.75 Å².